The van der Waals surface area contributed by atoms with Gasteiger partial charge in [-0.1, -0.05) is 38.8 Å². The molecule has 1 saturated carbocycles. The summed E-state index contributed by atoms with van der Waals surface area (Å²) in [6, 6.07) is 6.64. The molecule has 1 aromatic rings. The molecule has 3 rings (SSSR count). The first-order valence-electron chi connectivity index (χ1n) is 10.5. The number of nitrogens with zero attached hydrogens (tertiary/aromatic N) is 2. The van der Waals surface area contributed by atoms with Crippen molar-refractivity contribution in [1.82, 2.24) is 15.1 Å². The molecule has 1 heterocycles. The second kappa shape index (κ2) is 9.65. The fraction of sp³-hybridized carbons (Fsp3) is 0.682. The number of nitrogens with one attached hydrogen (secondary N) is 1. The monoisotopic (exact) mass is 375 g/mol. The second-order valence-electron chi connectivity index (χ2n) is 8.61. The lowest BCUT2D eigenvalue weighted by atomic mass is 9.91. The summed E-state index contributed by atoms with van der Waals surface area (Å²) >= 11 is 0. The highest BCUT2D eigenvalue weighted by Gasteiger charge is 2.28. The Morgan fingerprint density at radius 2 is 1.67 bits per heavy atom. The molecule has 1 aromatic carbocycles. The van der Waals surface area contributed by atoms with Crippen LogP contribution in [0.2, 0.25) is 0 Å². The van der Waals surface area contributed by atoms with E-state index >= 15 is 0 Å². The molecule has 5 heteroatoms. The maximum Gasteiger partial charge on any atom is 0.234 e. The average molecular weight is 376 g/mol. The van der Waals surface area contributed by atoms with Gasteiger partial charge in [-0.3, -0.25) is 9.69 Å². The van der Waals surface area contributed by atoms with E-state index < -0.39 is 0 Å². The highest BCUT2D eigenvalue weighted by atomic mass is 19.1. The summed E-state index contributed by atoms with van der Waals surface area (Å²) in [6.07, 6.45) is 4.71. The van der Waals surface area contributed by atoms with E-state index in [2.05, 4.69) is 29.0 Å². The Labute approximate surface area is 163 Å². The molecule has 1 N–H and O–H groups in total. The van der Waals surface area contributed by atoms with Gasteiger partial charge in [-0.2, -0.15) is 0 Å². The predicted octanol–water partition coefficient (Wildman–Crippen LogP) is 3.45. The van der Waals surface area contributed by atoms with Crippen molar-refractivity contribution in [2.45, 2.75) is 45.6 Å². The highest BCUT2D eigenvalue weighted by molar-refractivity contribution is 5.78. The third-order valence-electron chi connectivity index (χ3n) is 5.87. The Hall–Kier alpha value is -1.46. The highest BCUT2D eigenvalue weighted by Crippen LogP contribution is 2.35. The molecule has 2 aliphatic rings. The number of carbonyl (C=O) groups excluding carboxylic acids is 1. The predicted molar refractivity (Wildman–Crippen MR) is 107 cm³/mol. The van der Waals surface area contributed by atoms with Crippen LogP contribution in [0.4, 0.5) is 4.39 Å². The molecular weight excluding hydrogens is 341 g/mol. The number of benzene rings is 1. The Morgan fingerprint density at radius 3 is 2.26 bits per heavy atom. The average Bonchev–Trinajstić information content (AvgIpc) is 3.16. The summed E-state index contributed by atoms with van der Waals surface area (Å²) in [5.74, 6) is 1.01. The van der Waals surface area contributed by atoms with E-state index in [1.165, 1.54) is 25.0 Å². The molecule has 150 valence electrons. The summed E-state index contributed by atoms with van der Waals surface area (Å²) in [5, 5.41) is 3.27. The van der Waals surface area contributed by atoms with E-state index in [0.717, 1.165) is 51.1 Å². The number of amides is 1. The molecule has 0 bridgehead atoms. The first-order valence-corrected chi connectivity index (χ1v) is 10.5. The normalized spacial score (nSPS) is 20.9. The summed E-state index contributed by atoms with van der Waals surface area (Å²) in [4.78, 5) is 17.5. The Morgan fingerprint density at radius 1 is 1.07 bits per heavy atom. The van der Waals surface area contributed by atoms with Crippen LogP contribution in [0.5, 0.6) is 0 Å². The molecule has 1 saturated heterocycles. The van der Waals surface area contributed by atoms with Gasteiger partial charge in [0, 0.05) is 32.7 Å². The van der Waals surface area contributed by atoms with Gasteiger partial charge in [0.25, 0.3) is 0 Å². The van der Waals surface area contributed by atoms with Crippen molar-refractivity contribution >= 4 is 5.91 Å². The Balaban J connectivity index is 1.54. The van der Waals surface area contributed by atoms with Crippen LogP contribution in [0.25, 0.3) is 0 Å². The topological polar surface area (TPSA) is 35.6 Å². The molecule has 0 aromatic heterocycles. The number of hydrogen-bond donors (Lipinski definition) is 1. The zero-order chi connectivity index (χ0) is 19.2. The van der Waals surface area contributed by atoms with Gasteiger partial charge in [0.05, 0.1) is 12.6 Å². The molecule has 0 spiro atoms. The van der Waals surface area contributed by atoms with Crippen LogP contribution >= 0.6 is 0 Å². The summed E-state index contributed by atoms with van der Waals surface area (Å²) in [5.41, 5.74) is 1.03. The maximum absolute atomic E-state index is 13.3. The molecule has 1 atom stereocenters. The van der Waals surface area contributed by atoms with Gasteiger partial charge in [-0.15, -0.1) is 0 Å². The van der Waals surface area contributed by atoms with Crippen molar-refractivity contribution in [2.24, 2.45) is 11.8 Å². The van der Waals surface area contributed by atoms with Crippen LogP contribution in [-0.2, 0) is 4.79 Å². The van der Waals surface area contributed by atoms with Gasteiger partial charge in [-0.25, -0.2) is 4.39 Å². The van der Waals surface area contributed by atoms with Gasteiger partial charge >= 0.3 is 0 Å². The zero-order valence-electron chi connectivity index (χ0n) is 16.8. The minimum absolute atomic E-state index is 0.00262. The van der Waals surface area contributed by atoms with Crippen molar-refractivity contribution in [3.63, 3.8) is 0 Å². The SMILES string of the molecule is CC(C)CN1CCN(CC(=O)NC(c2ccc(F)cc2)C2CCCC2)CC1. The van der Waals surface area contributed by atoms with E-state index in [4.69, 9.17) is 0 Å². The van der Waals surface area contributed by atoms with Crippen LogP contribution in [-0.4, -0.2) is 55.0 Å². The Kier molecular flexibility index (Phi) is 7.25. The standard InChI is InChI=1S/C22H34FN3O/c1-17(2)15-25-11-13-26(14-12-25)16-21(27)24-22(18-5-3-4-6-18)19-7-9-20(23)10-8-19/h7-10,17-18,22H,3-6,11-16H2,1-2H3,(H,24,27). The number of halogens is 1. The minimum Gasteiger partial charge on any atom is -0.348 e. The molecule has 1 aliphatic heterocycles. The van der Waals surface area contributed by atoms with Crippen LogP contribution in [0.15, 0.2) is 24.3 Å². The lowest BCUT2D eigenvalue weighted by molar-refractivity contribution is -0.123. The fourth-order valence-electron chi connectivity index (χ4n) is 4.50. The van der Waals surface area contributed by atoms with Gasteiger partial charge in [-0.05, 0) is 42.4 Å². The van der Waals surface area contributed by atoms with E-state index in [1.54, 1.807) is 0 Å². The van der Waals surface area contributed by atoms with Gasteiger partial charge < -0.3 is 10.2 Å². The van der Waals surface area contributed by atoms with Crippen molar-refractivity contribution < 1.29 is 9.18 Å². The molecule has 2 fully saturated rings. The van der Waals surface area contributed by atoms with E-state index in [-0.39, 0.29) is 17.8 Å². The van der Waals surface area contributed by atoms with Crippen molar-refractivity contribution in [3.8, 4) is 0 Å². The van der Waals surface area contributed by atoms with Crippen LogP contribution in [0, 0.1) is 17.7 Å². The summed E-state index contributed by atoms with van der Waals surface area (Å²) in [7, 11) is 0. The minimum atomic E-state index is -0.227. The third-order valence-corrected chi connectivity index (χ3v) is 5.87. The van der Waals surface area contributed by atoms with E-state index in [9.17, 15) is 9.18 Å². The Bertz CT molecular complexity index is 590. The smallest absolute Gasteiger partial charge is 0.234 e. The largest absolute Gasteiger partial charge is 0.348 e. The van der Waals surface area contributed by atoms with Crippen molar-refractivity contribution in [3.05, 3.63) is 35.6 Å². The lowest BCUT2D eigenvalue weighted by Gasteiger charge is -2.35. The second-order valence-corrected chi connectivity index (χ2v) is 8.61. The van der Waals surface area contributed by atoms with Crippen LogP contribution in [0.3, 0.4) is 0 Å². The molecule has 1 unspecified atom stereocenters. The zero-order valence-corrected chi connectivity index (χ0v) is 16.8. The molecular formula is C22H34FN3O. The third kappa shape index (κ3) is 6.01. The lowest BCUT2D eigenvalue weighted by Crippen LogP contribution is -2.50. The van der Waals surface area contributed by atoms with Crippen molar-refractivity contribution in [2.75, 3.05) is 39.3 Å². The molecule has 27 heavy (non-hydrogen) atoms. The van der Waals surface area contributed by atoms with Gasteiger partial charge in [0.15, 0.2) is 0 Å². The fourth-order valence-corrected chi connectivity index (χ4v) is 4.50. The number of hydrogen-bond acceptors (Lipinski definition) is 3. The van der Waals surface area contributed by atoms with Gasteiger partial charge in [0.1, 0.15) is 5.82 Å². The van der Waals surface area contributed by atoms with Crippen LogP contribution < -0.4 is 5.32 Å². The summed E-state index contributed by atoms with van der Waals surface area (Å²) < 4.78 is 13.3. The van der Waals surface area contributed by atoms with Crippen LogP contribution in [0.1, 0.15) is 51.1 Å². The maximum atomic E-state index is 13.3. The van der Waals surface area contributed by atoms with Crippen molar-refractivity contribution in [1.29, 1.82) is 0 Å². The van der Waals surface area contributed by atoms with Gasteiger partial charge in [0.2, 0.25) is 5.91 Å². The number of rotatable bonds is 7. The summed E-state index contributed by atoms with van der Waals surface area (Å²) in [6.45, 7) is 10.1. The molecule has 1 amide bonds. The van der Waals surface area contributed by atoms with E-state index in [0.29, 0.717) is 18.4 Å². The van der Waals surface area contributed by atoms with E-state index in [1.807, 2.05) is 12.1 Å². The molecule has 0 radical (unpaired) electrons. The number of piperazine rings is 1. The molecule has 4 nitrogen and oxygen atoms in total. The number of carbonyl (C=O) groups is 1. The first-order chi connectivity index (χ1) is 13.0. The molecule has 1 aliphatic carbocycles. The first kappa shape index (κ1) is 20.3. The quantitative estimate of drug-likeness (QED) is 0.793.